The lowest BCUT2D eigenvalue weighted by molar-refractivity contribution is -0.138. The van der Waals surface area contributed by atoms with Gasteiger partial charge in [0.15, 0.2) is 11.5 Å². The summed E-state index contributed by atoms with van der Waals surface area (Å²) in [5.74, 6) is 0.342. The highest BCUT2D eigenvalue weighted by Gasteiger charge is 2.33. The van der Waals surface area contributed by atoms with Gasteiger partial charge in [-0.05, 0) is 46.8 Å². The van der Waals surface area contributed by atoms with Crippen LogP contribution in [0, 0.1) is 0 Å². The summed E-state index contributed by atoms with van der Waals surface area (Å²) < 4.78 is 10.8. The first-order valence-corrected chi connectivity index (χ1v) is 9.58. The minimum absolute atomic E-state index is 0.0590. The number of rotatable bonds is 6. The van der Waals surface area contributed by atoms with Gasteiger partial charge in [0.1, 0.15) is 6.61 Å². The zero-order valence-corrected chi connectivity index (χ0v) is 16.4. The van der Waals surface area contributed by atoms with Gasteiger partial charge in [-0.1, -0.05) is 0 Å². The molecule has 2 rings (SSSR count). The molecule has 0 bridgehead atoms. The number of phenols is 1. The molecule has 7 nitrogen and oxygen atoms in total. The molecule has 1 aromatic rings. The molecule has 1 aliphatic heterocycles. The smallest absolute Gasteiger partial charge is 0.338 e. The quantitative estimate of drug-likeness (QED) is 0.474. The molecule has 0 aliphatic carbocycles. The molecule has 3 N–H and O–H groups in total. The second kappa shape index (κ2) is 8.48. The first-order valence-electron chi connectivity index (χ1n) is 7.39. The molecule has 1 aromatic carbocycles. The molecule has 0 radical (unpaired) electrons. The summed E-state index contributed by atoms with van der Waals surface area (Å²) in [6, 6.07) is 2.04. The molecule has 1 atom stereocenters. The van der Waals surface area contributed by atoms with Crippen LogP contribution in [0.5, 0.6) is 11.5 Å². The van der Waals surface area contributed by atoms with Crippen molar-refractivity contribution < 1.29 is 24.2 Å². The van der Waals surface area contributed by atoms with E-state index in [0.717, 1.165) is 0 Å². The molecule has 25 heavy (non-hydrogen) atoms. The number of benzene rings is 1. The fourth-order valence-corrected chi connectivity index (χ4v) is 3.14. The number of phenolic OH excluding ortho intramolecular Hbond substituents is 1. The number of urea groups is 1. The highest BCUT2D eigenvalue weighted by molar-refractivity contribution is 9.10. The van der Waals surface area contributed by atoms with E-state index in [2.05, 4.69) is 26.6 Å². The molecule has 136 valence electrons. The van der Waals surface area contributed by atoms with Crippen LogP contribution in [-0.4, -0.2) is 42.8 Å². The Labute approximate surface area is 158 Å². The van der Waals surface area contributed by atoms with Crippen LogP contribution in [0.3, 0.4) is 0 Å². The lowest BCUT2D eigenvalue weighted by atomic mass is 9.95. The number of nitrogens with one attached hydrogen (secondary N) is 2. The number of hydrogen-bond donors (Lipinski definition) is 3. The lowest BCUT2D eigenvalue weighted by Gasteiger charge is -2.28. The van der Waals surface area contributed by atoms with Crippen LogP contribution in [0.4, 0.5) is 4.79 Å². The fourth-order valence-electron chi connectivity index (χ4n) is 2.43. The van der Waals surface area contributed by atoms with E-state index in [1.165, 1.54) is 7.11 Å². The largest absolute Gasteiger partial charge is 0.503 e. The summed E-state index contributed by atoms with van der Waals surface area (Å²) in [5, 5.41) is 15.3. The van der Waals surface area contributed by atoms with E-state index in [1.54, 1.807) is 30.8 Å². The molecule has 0 saturated carbocycles. The molecule has 9 heteroatoms. The van der Waals surface area contributed by atoms with E-state index in [9.17, 15) is 14.7 Å². The average Bonchev–Trinajstić information content (AvgIpc) is 2.56. The maximum atomic E-state index is 12.5. The van der Waals surface area contributed by atoms with E-state index in [0.29, 0.717) is 27.1 Å². The van der Waals surface area contributed by atoms with Crippen molar-refractivity contribution in [1.29, 1.82) is 0 Å². The van der Waals surface area contributed by atoms with Gasteiger partial charge in [0.25, 0.3) is 0 Å². The van der Waals surface area contributed by atoms with Gasteiger partial charge in [0, 0.05) is 11.4 Å². The van der Waals surface area contributed by atoms with Crippen molar-refractivity contribution in [3.8, 4) is 11.5 Å². The minimum Gasteiger partial charge on any atom is -0.503 e. The zero-order chi connectivity index (χ0) is 18.6. The van der Waals surface area contributed by atoms with Gasteiger partial charge in [0.2, 0.25) is 0 Å². The Morgan fingerprint density at radius 2 is 2.16 bits per heavy atom. The number of methoxy groups -OCH3 is 1. The van der Waals surface area contributed by atoms with Gasteiger partial charge in [-0.25, -0.2) is 9.59 Å². The number of thioether (sulfide) groups is 1. The molecule has 1 aliphatic rings. The van der Waals surface area contributed by atoms with Gasteiger partial charge in [-0.15, -0.1) is 0 Å². The van der Waals surface area contributed by atoms with Crippen LogP contribution in [0.1, 0.15) is 18.5 Å². The van der Waals surface area contributed by atoms with Crippen molar-refractivity contribution in [3.63, 3.8) is 0 Å². The average molecular weight is 431 g/mol. The highest BCUT2D eigenvalue weighted by atomic mass is 79.9. The Hall–Kier alpha value is -1.87. The van der Waals surface area contributed by atoms with Crippen molar-refractivity contribution in [2.75, 3.05) is 25.7 Å². The SMILES string of the molecule is COc1cc([C@@H]2NC(=O)NC(C)=C2C(=O)OCCSC)cc(Br)c1O. The molecule has 0 fully saturated rings. The van der Waals surface area contributed by atoms with Crippen LogP contribution >= 0.6 is 27.7 Å². The Morgan fingerprint density at radius 1 is 1.44 bits per heavy atom. The Morgan fingerprint density at radius 3 is 2.80 bits per heavy atom. The number of carbonyl (C=O) groups is 2. The predicted molar refractivity (Wildman–Crippen MR) is 98.8 cm³/mol. The van der Waals surface area contributed by atoms with Crippen molar-refractivity contribution >= 4 is 39.7 Å². The van der Waals surface area contributed by atoms with Gasteiger partial charge < -0.3 is 25.2 Å². The van der Waals surface area contributed by atoms with Crippen LogP contribution in [0.25, 0.3) is 0 Å². The maximum Gasteiger partial charge on any atom is 0.338 e. The van der Waals surface area contributed by atoms with Crippen LogP contribution in [0.2, 0.25) is 0 Å². The zero-order valence-electron chi connectivity index (χ0n) is 14.0. The highest BCUT2D eigenvalue weighted by Crippen LogP contribution is 2.39. The molecule has 1 heterocycles. The van der Waals surface area contributed by atoms with E-state index >= 15 is 0 Å². The van der Waals surface area contributed by atoms with E-state index in [4.69, 9.17) is 9.47 Å². The van der Waals surface area contributed by atoms with Crippen LogP contribution < -0.4 is 15.4 Å². The molecule has 0 aromatic heterocycles. The summed E-state index contributed by atoms with van der Waals surface area (Å²) in [7, 11) is 1.42. The second-order valence-corrected chi connectivity index (χ2v) is 7.09. The first kappa shape index (κ1) is 19.5. The maximum absolute atomic E-state index is 12.5. The normalized spacial score (nSPS) is 17.0. The topological polar surface area (TPSA) is 96.9 Å². The first-order chi connectivity index (χ1) is 11.9. The Balaban J connectivity index is 2.42. The summed E-state index contributed by atoms with van der Waals surface area (Å²) in [4.78, 5) is 24.4. The third kappa shape index (κ3) is 4.40. The number of amides is 2. The van der Waals surface area contributed by atoms with Crippen molar-refractivity contribution in [3.05, 3.63) is 33.4 Å². The summed E-state index contributed by atoms with van der Waals surface area (Å²) in [5.41, 5.74) is 1.30. The Kier molecular flexibility index (Phi) is 6.60. The van der Waals surface area contributed by atoms with Crippen LogP contribution in [0.15, 0.2) is 27.9 Å². The fraction of sp³-hybridized carbons (Fsp3) is 0.375. The molecule has 0 unspecified atom stereocenters. The number of ether oxygens (including phenoxy) is 2. The number of allylic oxidation sites excluding steroid dienone is 1. The van der Waals surface area contributed by atoms with Crippen molar-refractivity contribution in [2.45, 2.75) is 13.0 Å². The van der Waals surface area contributed by atoms with E-state index in [-0.39, 0.29) is 18.1 Å². The monoisotopic (exact) mass is 430 g/mol. The van der Waals surface area contributed by atoms with Gasteiger partial charge in [-0.3, -0.25) is 0 Å². The lowest BCUT2D eigenvalue weighted by Crippen LogP contribution is -2.45. The van der Waals surface area contributed by atoms with Gasteiger partial charge in [0.05, 0.1) is 23.2 Å². The standard InChI is InChI=1S/C16H19BrN2O5S/c1-8-12(15(21)24-4-5-25-3)13(19-16(22)18-8)9-6-10(17)14(20)11(7-9)23-2/h6-7,13,20H,4-5H2,1-3H3,(H2,18,19,22)/t13-/m0/s1. The number of esters is 1. The number of carbonyl (C=O) groups excluding carboxylic acids is 2. The van der Waals surface area contributed by atoms with Gasteiger partial charge >= 0.3 is 12.0 Å². The Bertz CT molecular complexity index is 723. The van der Waals surface area contributed by atoms with Crippen molar-refractivity contribution in [2.24, 2.45) is 0 Å². The second-order valence-electron chi connectivity index (χ2n) is 5.25. The molecular formula is C16H19BrN2O5S. The number of aromatic hydroxyl groups is 1. The van der Waals surface area contributed by atoms with Crippen LogP contribution in [-0.2, 0) is 9.53 Å². The van der Waals surface area contributed by atoms with E-state index in [1.807, 2.05) is 6.26 Å². The summed E-state index contributed by atoms with van der Waals surface area (Å²) >= 11 is 4.82. The summed E-state index contributed by atoms with van der Waals surface area (Å²) in [6.45, 7) is 1.92. The summed E-state index contributed by atoms with van der Waals surface area (Å²) in [6.07, 6.45) is 1.92. The molecule has 2 amide bonds. The minimum atomic E-state index is -0.721. The molecule has 0 spiro atoms. The molecule has 0 saturated heterocycles. The third-order valence-corrected chi connectivity index (χ3v) is 4.79. The van der Waals surface area contributed by atoms with E-state index < -0.39 is 18.0 Å². The van der Waals surface area contributed by atoms with Gasteiger partial charge in [-0.2, -0.15) is 11.8 Å². The van der Waals surface area contributed by atoms with Crippen molar-refractivity contribution in [1.82, 2.24) is 10.6 Å². The molecular weight excluding hydrogens is 412 g/mol. The number of halogens is 1. The predicted octanol–water partition coefficient (Wildman–Crippen LogP) is 2.70. The number of hydrogen-bond acceptors (Lipinski definition) is 6. The third-order valence-electron chi connectivity index (χ3n) is 3.61.